The molecule has 1 saturated heterocycles. The van der Waals surface area contributed by atoms with Gasteiger partial charge in [-0.1, -0.05) is 12.1 Å². The number of nitrogens with zero attached hydrogens (tertiary/aromatic N) is 1. The van der Waals surface area contributed by atoms with Gasteiger partial charge in [-0.15, -0.1) is 0 Å². The Kier molecular flexibility index (Phi) is 5.40. The molecule has 2 unspecified atom stereocenters. The van der Waals surface area contributed by atoms with Gasteiger partial charge in [0.25, 0.3) is 0 Å². The van der Waals surface area contributed by atoms with E-state index in [1.165, 1.54) is 12.1 Å². The van der Waals surface area contributed by atoms with Crippen LogP contribution in [0.2, 0.25) is 0 Å². The molecule has 1 fully saturated rings. The molecule has 0 saturated carbocycles. The molecule has 1 aromatic carbocycles. The fraction of sp³-hybridized carbons (Fsp3) is 0.579. The molecule has 1 aliphatic heterocycles. The van der Waals surface area contributed by atoms with Crippen LogP contribution in [0, 0.1) is 5.82 Å². The van der Waals surface area contributed by atoms with Crippen LogP contribution in [-0.4, -0.2) is 40.3 Å². The number of rotatable bonds is 3. The van der Waals surface area contributed by atoms with Crippen LogP contribution in [0.4, 0.5) is 9.18 Å². The van der Waals surface area contributed by atoms with E-state index in [4.69, 9.17) is 4.74 Å². The number of piperidine rings is 1. The minimum Gasteiger partial charge on any atom is -0.481 e. The lowest BCUT2D eigenvalue weighted by atomic mass is 9.68. The van der Waals surface area contributed by atoms with E-state index < -0.39 is 17.0 Å². The lowest BCUT2D eigenvalue weighted by molar-refractivity contribution is -0.139. The van der Waals surface area contributed by atoms with Crippen molar-refractivity contribution in [2.45, 2.75) is 64.0 Å². The molecule has 1 amide bonds. The SMILES string of the molecule is CC1CC(CC(=O)O)(c2ccc(F)cc2)CCN1C(=O)OC(C)(C)C. The fourth-order valence-corrected chi connectivity index (χ4v) is 3.54. The van der Waals surface area contributed by atoms with Crippen LogP contribution in [0.3, 0.4) is 0 Å². The summed E-state index contributed by atoms with van der Waals surface area (Å²) in [5.74, 6) is -1.25. The number of benzene rings is 1. The number of carbonyl (C=O) groups excluding carboxylic acids is 1. The van der Waals surface area contributed by atoms with Crippen molar-refractivity contribution in [3.63, 3.8) is 0 Å². The van der Waals surface area contributed by atoms with Crippen LogP contribution in [0.1, 0.15) is 52.5 Å². The van der Waals surface area contributed by atoms with E-state index in [-0.39, 0.29) is 24.4 Å². The summed E-state index contributed by atoms with van der Waals surface area (Å²) < 4.78 is 18.7. The highest BCUT2D eigenvalue weighted by molar-refractivity contribution is 5.71. The molecule has 0 spiro atoms. The maximum atomic E-state index is 13.3. The van der Waals surface area contributed by atoms with Crippen LogP contribution >= 0.6 is 0 Å². The third-order valence-electron chi connectivity index (χ3n) is 4.62. The third kappa shape index (κ3) is 4.71. The number of carboxylic acid groups (broad SMARTS) is 1. The van der Waals surface area contributed by atoms with E-state index >= 15 is 0 Å². The lowest BCUT2D eigenvalue weighted by Gasteiger charge is -2.45. The predicted octanol–water partition coefficient (Wildman–Crippen LogP) is 3.96. The summed E-state index contributed by atoms with van der Waals surface area (Å²) in [4.78, 5) is 25.5. The Labute approximate surface area is 147 Å². The van der Waals surface area contributed by atoms with E-state index in [9.17, 15) is 19.1 Å². The molecule has 138 valence electrons. The van der Waals surface area contributed by atoms with Gasteiger partial charge >= 0.3 is 12.1 Å². The van der Waals surface area contributed by atoms with Gasteiger partial charge in [-0.2, -0.15) is 0 Å². The standard InChI is InChI=1S/C19H26FNO4/c1-13-11-19(12-16(22)23,14-5-7-15(20)8-6-14)9-10-21(13)17(24)25-18(2,3)4/h5-8,13H,9-12H2,1-4H3,(H,22,23). The molecule has 6 heteroatoms. The zero-order chi connectivity index (χ0) is 18.8. The van der Waals surface area contributed by atoms with Crippen molar-refractivity contribution in [3.8, 4) is 0 Å². The van der Waals surface area contributed by atoms with Gasteiger partial charge < -0.3 is 14.7 Å². The first-order chi connectivity index (χ1) is 11.5. The van der Waals surface area contributed by atoms with Crippen LogP contribution in [0.25, 0.3) is 0 Å². The first kappa shape index (κ1) is 19.2. The van der Waals surface area contributed by atoms with Gasteiger partial charge in [-0.3, -0.25) is 4.79 Å². The highest BCUT2D eigenvalue weighted by Gasteiger charge is 2.43. The van der Waals surface area contributed by atoms with Crippen molar-refractivity contribution < 1.29 is 23.8 Å². The Morgan fingerprint density at radius 3 is 2.40 bits per heavy atom. The summed E-state index contributed by atoms with van der Waals surface area (Å²) >= 11 is 0. The molecule has 1 aliphatic rings. The number of carbonyl (C=O) groups is 2. The van der Waals surface area contributed by atoms with E-state index in [0.717, 1.165) is 5.56 Å². The summed E-state index contributed by atoms with van der Waals surface area (Å²) in [5, 5.41) is 9.38. The Morgan fingerprint density at radius 1 is 1.32 bits per heavy atom. The second kappa shape index (κ2) is 7.02. The number of halogens is 1. The van der Waals surface area contributed by atoms with E-state index in [1.54, 1.807) is 17.0 Å². The van der Waals surface area contributed by atoms with Crippen molar-refractivity contribution in [1.29, 1.82) is 0 Å². The van der Waals surface area contributed by atoms with Gasteiger partial charge in [0, 0.05) is 18.0 Å². The smallest absolute Gasteiger partial charge is 0.410 e. The molecule has 0 aliphatic carbocycles. The molecule has 5 nitrogen and oxygen atoms in total. The number of hydrogen-bond donors (Lipinski definition) is 1. The van der Waals surface area contributed by atoms with Gasteiger partial charge in [0.1, 0.15) is 11.4 Å². The normalized spacial score (nSPS) is 24.0. The topological polar surface area (TPSA) is 66.8 Å². The fourth-order valence-electron chi connectivity index (χ4n) is 3.54. The average molecular weight is 351 g/mol. The number of likely N-dealkylation sites (tertiary alicyclic amines) is 1. The molecule has 2 atom stereocenters. The zero-order valence-corrected chi connectivity index (χ0v) is 15.2. The second-order valence-electron chi connectivity index (χ2n) is 7.83. The van der Waals surface area contributed by atoms with E-state index in [2.05, 4.69) is 0 Å². The molecule has 0 radical (unpaired) electrons. The highest BCUT2D eigenvalue weighted by Crippen LogP contribution is 2.41. The monoisotopic (exact) mass is 351 g/mol. The second-order valence-corrected chi connectivity index (χ2v) is 7.83. The van der Waals surface area contributed by atoms with Crippen molar-refractivity contribution >= 4 is 12.1 Å². The van der Waals surface area contributed by atoms with E-state index in [1.807, 2.05) is 27.7 Å². The van der Waals surface area contributed by atoms with Crippen LogP contribution in [0.15, 0.2) is 24.3 Å². The maximum Gasteiger partial charge on any atom is 0.410 e. The van der Waals surface area contributed by atoms with Crippen molar-refractivity contribution in [2.24, 2.45) is 0 Å². The van der Waals surface area contributed by atoms with E-state index in [0.29, 0.717) is 19.4 Å². The largest absolute Gasteiger partial charge is 0.481 e. The minimum atomic E-state index is -0.901. The quantitative estimate of drug-likeness (QED) is 0.895. The molecule has 1 N–H and O–H groups in total. The van der Waals surface area contributed by atoms with Gasteiger partial charge in [-0.05, 0) is 58.2 Å². The first-order valence-electron chi connectivity index (χ1n) is 8.50. The van der Waals surface area contributed by atoms with Crippen molar-refractivity contribution in [1.82, 2.24) is 4.90 Å². The number of amides is 1. The summed E-state index contributed by atoms with van der Waals surface area (Å²) in [6.45, 7) is 7.73. The summed E-state index contributed by atoms with van der Waals surface area (Å²) in [6.07, 6.45) is 0.548. The number of hydrogen-bond acceptors (Lipinski definition) is 3. The number of ether oxygens (including phenoxy) is 1. The highest BCUT2D eigenvalue weighted by atomic mass is 19.1. The summed E-state index contributed by atoms with van der Waals surface area (Å²) in [6, 6.07) is 5.82. The number of aliphatic carboxylic acids is 1. The molecule has 1 heterocycles. The first-order valence-corrected chi connectivity index (χ1v) is 8.50. The van der Waals surface area contributed by atoms with Gasteiger partial charge in [-0.25, -0.2) is 9.18 Å². The van der Waals surface area contributed by atoms with Gasteiger partial charge in [0.2, 0.25) is 0 Å². The third-order valence-corrected chi connectivity index (χ3v) is 4.62. The Morgan fingerprint density at radius 2 is 1.92 bits per heavy atom. The van der Waals surface area contributed by atoms with Crippen LogP contribution in [0.5, 0.6) is 0 Å². The van der Waals surface area contributed by atoms with Crippen molar-refractivity contribution in [3.05, 3.63) is 35.6 Å². The molecule has 1 aromatic rings. The molecule has 2 rings (SSSR count). The van der Waals surface area contributed by atoms with Crippen LogP contribution < -0.4 is 0 Å². The maximum absolute atomic E-state index is 13.3. The average Bonchev–Trinajstić information content (AvgIpc) is 2.45. The lowest BCUT2D eigenvalue weighted by Crippen LogP contribution is -2.52. The molecule has 0 aromatic heterocycles. The zero-order valence-electron chi connectivity index (χ0n) is 15.2. The Bertz CT molecular complexity index is 638. The Hall–Kier alpha value is -2.11. The predicted molar refractivity (Wildman–Crippen MR) is 92.0 cm³/mol. The van der Waals surface area contributed by atoms with Crippen molar-refractivity contribution in [2.75, 3.05) is 6.54 Å². The van der Waals surface area contributed by atoms with Crippen LogP contribution in [-0.2, 0) is 14.9 Å². The molecule has 25 heavy (non-hydrogen) atoms. The van der Waals surface area contributed by atoms with Gasteiger partial charge in [0.15, 0.2) is 0 Å². The minimum absolute atomic E-state index is 0.0505. The molecular weight excluding hydrogens is 325 g/mol. The molecule has 0 bridgehead atoms. The Balaban J connectivity index is 2.23. The number of carboxylic acids is 1. The molecular formula is C19H26FNO4. The summed E-state index contributed by atoms with van der Waals surface area (Å²) in [7, 11) is 0. The van der Waals surface area contributed by atoms with Gasteiger partial charge in [0.05, 0.1) is 6.42 Å². The summed E-state index contributed by atoms with van der Waals surface area (Å²) in [5.41, 5.74) is -0.395.